The molecule has 1 atom stereocenters. The van der Waals surface area contributed by atoms with Crippen molar-refractivity contribution < 1.29 is 10.2 Å². The molecule has 1 unspecified atom stereocenters. The molecule has 0 saturated carbocycles. The Morgan fingerprint density at radius 1 is 0.625 bits per heavy atom. The van der Waals surface area contributed by atoms with Crippen molar-refractivity contribution in [1.29, 1.82) is 0 Å². The largest absolute Gasteiger partial charge is 0.508 e. The molecule has 2 N–H and O–H groups in total. The van der Waals surface area contributed by atoms with Gasteiger partial charge in [-0.2, -0.15) is 0 Å². The maximum absolute atomic E-state index is 9.64. The van der Waals surface area contributed by atoms with Gasteiger partial charge in [-0.1, -0.05) is 60.7 Å². The second-order valence-electron chi connectivity index (χ2n) is 6.21. The van der Waals surface area contributed by atoms with E-state index in [1.807, 2.05) is 18.2 Å². The highest BCUT2D eigenvalue weighted by atomic mass is 16.3. The number of phenols is 2. The summed E-state index contributed by atoms with van der Waals surface area (Å²) < 4.78 is 0. The number of allylic oxidation sites excluding steroid dienone is 4. The molecule has 24 heavy (non-hydrogen) atoms. The third kappa shape index (κ3) is 2.67. The van der Waals surface area contributed by atoms with Gasteiger partial charge in [-0.05, 0) is 46.2 Å². The van der Waals surface area contributed by atoms with E-state index in [0.717, 1.165) is 10.8 Å². The smallest absolute Gasteiger partial charge is 0.116 e. The molecule has 1 aliphatic rings. The van der Waals surface area contributed by atoms with Gasteiger partial charge < -0.3 is 10.2 Å². The van der Waals surface area contributed by atoms with E-state index in [2.05, 4.69) is 42.5 Å². The summed E-state index contributed by atoms with van der Waals surface area (Å²) in [4.78, 5) is 0. The Labute approximate surface area is 141 Å². The van der Waals surface area contributed by atoms with E-state index in [4.69, 9.17) is 0 Å². The zero-order chi connectivity index (χ0) is 16.5. The summed E-state index contributed by atoms with van der Waals surface area (Å²) in [5.74, 6) is 1.05. The first kappa shape index (κ1) is 14.6. The predicted octanol–water partition coefficient (Wildman–Crippen LogP) is 5.13. The molecule has 4 rings (SSSR count). The number of hydrogen-bond donors (Lipinski definition) is 2. The molecule has 118 valence electrons. The zero-order valence-electron chi connectivity index (χ0n) is 13.1. The summed E-state index contributed by atoms with van der Waals surface area (Å²) >= 11 is 0. The minimum atomic E-state index is 0.193. The van der Waals surface area contributed by atoms with Gasteiger partial charge in [-0.3, -0.25) is 0 Å². The molecular formula is C22H18O2. The van der Waals surface area contributed by atoms with E-state index in [9.17, 15) is 10.2 Å². The second kappa shape index (κ2) is 5.89. The van der Waals surface area contributed by atoms with Crippen LogP contribution in [0.25, 0.3) is 10.8 Å². The van der Waals surface area contributed by atoms with Crippen molar-refractivity contribution in [3.8, 4) is 11.5 Å². The summed E-state index contributed by atoms with van der Waals surface area (Å²) in [5.41, 5.74) is 2.40. The van der Waals surface area contributed by atoms with Crippen LogP contribution in [0.15, 0.2) is 85.0 Å². The molecule has 1 aliphatic carbocycles. The third-order valence-electron chi connectivity index (χ3n) is 4.62. The van der Waals surface area contributed by atoms with Crippen LogP contribution in [0.2, 0.25) is 0 Å². The van der Waals surface area contributed by atoms with Crippen LogP contribution in [0.1, 0.15) is 17.0 Å². The normalized spacial score (nSPS) is 15.2. The van der Waals surface area contributed by atoms with Crippen LogP contribution >= 0.6 is 0 Å². The van der Waals surface area contributed by atoms with Crippen LogP contribution in [0.5, 0.6) is 11.5 Å². The van der Waals surface area contributed by atoms with Crippen molar-refractivity contribution in [2.45, 2.75) is 5.92 Å². The Hall–Kier alpha value is -3.00. The fourth-order valence-electron chi connectivity index (χ4n) is 3.43. The van der Waals surface area contributed by atoms with E-state index < -0.39 is 0 Å². The van der Waals surface area contributed by atoms with Crippen molar-refractivity contribution in [2.24, 2.45) is 5.92 Å². The SMILES string of the molecule is Oc1ccc(C(c2ccc3cc(O)ccc3c2)C2C=CC=C2)cc1. The molecule has 0 saturated heterocycles. The average molecular weight is 314 g/mol. The zero-order valence-corrected chi connectivity index (χ0v) is 13.1. The summed E-state index contributed by atoms with van der Waals surface area (Å²) in [5, 5.41) is 21.4. The van der Waals surface area contributed by atoms with Crippen LogP contribution in [0.3, 0.4) is 0 Å². The van der Waals surface area contributed by atoms with E-state index in [1.165, 1.54) is 11.1 Å². The molecule has 0 radical (unpaired) electrons. The van der Waals surface area contributed by atoms with Crippen molar-refractivity contribution in [3.63, 3.8) is 0 Å². The lowest BCUT2D eigenvalue weighted by atomic mass is 9.81. The molecular weight excluding hydrogens is 296 g/mol. The average Bonchev–Trinajstić information content (AvgIpc) is 3.11. The molecule has 3 aromatic carbocycles. The number of benzene rings is 3. The summed E-state index contributed by atoms with van der Waals surface area (Å²) in [6.07, 6.45) is 8.57. The highest BCUT2D eigenvalue weighted by molar-refractivity contribution is 5.84. The van der Waals surface area contributed by atoms with Gasteiger partial charge in [0.25, 0.3) is 0 Å². The van der Waals surface area contributed by atoms with Crippen molar-refractivity contribution in [2.75, 3.05) is 0 Å². The molecule has 0 bridgehead atoms. The fourth-order valence-corrected chi connectivity index (χ4v) is 3.43. The Morgan fingerprint density at radius 2 is 1.21 bits per heavy atom. The van der Waals surface area contributed by atoms with Crippen LogP contribution in [-0.2, 0) is 0 Å². The van der Waals surface area contributed by atoms with Crippen LogP contribution in [0, 0.1) is 5.92 Å². The summed E-state index contributed by atoms with van der Waals surface area (Å²) in [7, 11) is 0. The number of fused-ring (bicyclic) bond motifs is 1. The molecule has 0 spiro atoms. The van der Waals surface area contributed by atoms with Crippen LogP contribution < -0.4 is 0 Å². The Kier molecular flexibility index (Phi) is 3.58. The maximum Gasteiger partial charge on any atom is 0.116 e. The molecule has 0 aliphatic heterocycles. The van der Waals surface area contributed by atoms with Gasteiger partial charge in [0, 0.05) is 11.8 Å². The van der Waals surface area contributed by atoms with E-state index in [0.29, 0.717) is 5.92 Å². The van der Waals surface area contributed by atoms with Gasteiger partial charge in [0.05, 0.1) is 0 Å². The first-order chi connectivity index (χ1) is 11.7. The minimum Gasteiger partial charge on any atom is -0.508 e. The molecule has 0 heterocycles. The Morgan fingerprint density at radius 3 is 1.96 bits per heavy atom. The first-order valence-electron chi connectivity index (χ1n) is 8.07. The number of rotatable bonds is 3. The van der Waals surface area contributed by atoms with E-state index in [1.54, 1.807) is 24.3 Å². The maximum atomic E-state index is 9.64. The fraction of sp³-hybridized carbons (Fsp3) is 0.0909. The molecule has 0 aromatic heterocycles. The van der Waals surface area contributed by atoms with E-state index in [-0.39, 0.29) is 17.4 Å². The highest BCUT2D eigenvalue weighted by Crippen LogP contribution is 2.37. The Bertz CT molecular complexity index is 924. The standard InChI is InChI=1S/C22H18O2/c23-20-10-7-16(8-11-20)22(15-3-1-2-4-15)19-6-5-18-14-21(24)12-9-17(18)13-19/h1-15,22-24H. The van der Waals surface area contributed by atoms with Gasteiger partial charge >= 0.3 is 0 Å². The lowest BCUT2D eigenvalue weighted by molar-refractivity contribution is 0.474. The Balaban J connectivity index is 1.83. The van der Waals surface area contributed by atoms with Crippen molar-refractivity contribution in [3.05, 3.63) is 96.1 Å². The number of hydrogen-bond acceptors (Lipinski definition) is 2. The lowest BCUT2D eigenvalue weighted by Crippen LogP contribution is -2.09. The van der Waals surface area contributed by atoms with Gasteiger partial charge in [0.1, 0.15) is 11.5 Å². The molecule has 2 heteroatoms. The van der Waals surface area contributed by atoms with Gasteiger partial charge in [-0.25, -0.2) is 0 Å². The first-order valence-corrected chi connectivity index (χ1v) is 8.07. The summed E-state index contributed by atoms with van der Waals surface area (Å²) in [6, 6.07) is 19.3. The van der Waals surface area contributed by atoms with E-state index >= 15 is 0 Å². The van der Waals surface area contributed by atoms with Crippen molar-refractivity contribution in [1.82, 2.24) is 0 Å². The number of aromatic hydroxyl groups is 2. The van der Waals surface area contributed by atoms with Gasteiger partial charge in [0.15, 0.2) is 0 Å². The predicted molar refractivity (Wildman–Crippen MR) is 97.3 cm³/mol. The highest BCUT2D eigenvalue weighted by Gasteiger charge is 2.22. The summed E-state index contributed by atoms with van der Waals surface area (Å²) in [6.45, 7) is 0. The molecule has 0 fully saturated rings. The van der Waals surface area contributed by atoms with Crippen LogP contribution in [-0.4, -0.2) is 10.2 Å². The third-order valence-corrected chi connectivity index (χ3v) is 4.62. The molecule has 3 aromatic rings. The second-order valence-corrected chi connectivity index (χ2v) is 6.21. The van der Waals surface area contributed by atoms with Crippen molar-refractivity contribution >= 4 is 10.8 Å². The molecule has 0 amide bonds. The van der Waals surface area contributed by atoms with Crippen LogP contribution in [0.4, 0.5) is 0 Å². The number of phenolic OH excluding ortho intramolecular Hbond substituents is 2. The van der Waals surface area contributed by atoms with Gasteiger partial charge in [0.2, 0.25) is 0 Å². The lowest BCUT2D eigenvalue weighted by Gasteiger charge is -2.23. The monoisotopic (exact) mass is 314 g/mol. The minimum absolute atomic E-state index is 0.193. The van der Waals surface area contributed by atoms with Gasteiger partial charge in [-0.15, -0.1) is 0 Å². The quantitative estimate of drug-likeness (QED) is 0.704. The molecule has 2 nitrogen and oxygen atoms in total. The topological polar surface area (TPSA) is 40.5 Å².